The van der Waals surface area contributed by atoms with E-state index in [9.17, 15) is 5.11 Å². The van der Waals surface area contributed by atoms with E-state index in [0.29, 0.717) is 6.42 Å². The van der Waals surface area contributed by atoms with E-state index in [4.69, 9.17) is 4.74 Å². The summed E-state index contributed by atoms with van der Waals surface area (Å²) in [5.41, 5.74) is -0.204. The molecule has 108 valence electrons. The molecule has 0 aromatic heterocycles. The first-order chi connectivity index (χ1) is 8.76. The van der Waals surface area contributed by atoms with Gasteiger partial charge in [0, 0.05) is 12.0 Å². The van der Waals surface area contributed by atoms with Gasteiger partial charge in [0.15, 0.2) is 0 Å². The summed E-state index contributed by atoms with van der Waals surface area (Å²) in [5, 5.41) is 11.2. The van der Waals surface area contributed by atoms with E-state index >= 15 is 0 Å². The Morgan fingerprint density at radius 3 is 2.37 bits per heavy atom. The van der Waals surface area contributed by atoms with Gasteiger partial charge in [0.2, 0.25) is 0 Å². The zero-order valence-corrected chi connectivity index (χ0v) is 13.0. The van der Waals surface area contributed by atoms with Crippen LogP contribution in [0.2, 0.25) is 0 Å². The Hall–Kier alpha value is -1.06. The van der Waals surface area contributed by atoms with Crippen molar-refractivity contribution in [2.75, 3.05) is 27.7 Å². The quantitative estimate of drug-likeness (QED) is 0.858. The molecule has 0 bridgehead atoms. The van der Waals surface area contributed by atoms with E-state index in [1.165, 1.54) is 0 Å². The Morgan fingerprint density at radius 2 is 1.89 bits per heavy atom. The maximum absolute atomic E-state index is 11.2. The van der Waals surface area contributed by atoms with E-state index in [1.54, 1.807) is 7.11 Å². The first-order valence-electron chi connectivity index (χ1n) is 6.78. The van der Waals surface area contributed by atoms with Crippen LogP contribution in [0, 0.1) is 5.41 Å². The van der Waals surface area contributed by atoms with Gasteiger partial charge >= 0.3 is 0 Å². The standard InChI is InChI=1S/C16H27NO2/c1-7-16(18,15(2,3)12-17(4)5)13-9-8-10-14(11-13)19-6/h8-11,18H,7,12H2,1-6H3/t16-/m0/s1. The summed E-state index contributed by atoms with van der Waals surface area (Å²) in [5.74, 6) is 0.782. The number of rotatable bonds is 6. The molecule has 1 atom stereocenters. The van der Waals surface area contributed by atoms with Crippen molar-refractivity contribution in [1.82, 2.24) is 4.90 Å². The summed E-state index contributed by atoms with van der Waals surface area (Å²) >= 11 is 0. The summed E-state index contributed by atoms with van der Waals surface area (Å²) in [6, 6.07) is 7.74. The lowest BCUT2D eigenvalue weighted by molar-refractivity contribution is -0.0862. The molecule has 0 aliphatic carbocycles. The van der Waals surface area contributed by atoms with E-state index < -0.39 is 5.60 Å². The minimum atomic E-state index is -0.869. The molecular weight excluding hydrogens is 238 g/mol. The molecule has 19 heavy (non-hydrogen) atoms. The molecule has 1 aromatic carbocycles. The van der Waals surface area contributed by atoms with Gasteiger partial charge in [0.05, 0.1) is 12.7 Å². The van der Waals surface area contributed by atoms with Crippen molar-refractivity contribution in [3.05, 3.63) is 29.8 Å². The maximum atomic E-state index is 11.2. The van der Waals surface area contributed by atoms with Crippen LogP contribution < -0.4 is 4.74 Å². The minimum absolute atomic E-state index is 0.252. The summed E-state index contributed by atoms with van der Waals surface area (Å²) in [6.45, 7) is 7.05. The number of methoxy groups -OCH3 is 1. The molecule has 0 spiro atoms. The fourth-order valence-electron chi connectivity index (χ4n) is 2.88. The van der Waals surface area contributed by atoms with Gasteiger partial charge in [0.25, 0.3) is 0 Å². The van der Waals surface area contributed by atoms with Crippen molar-refractivity contribution >= 4 is 0 Å². The molecular formula is C16H27NO2. The molecule has 0 amide bonds. The summed E-state index contributed by atoms with van der Waals surface area (Å²) in [7, 11) is 5.71. The molecule has 0 unspecified atom stereocenters. The molecule has 1 aromatic rings. The van der Waals surface area contributed by atoms with Gasteiger partial charge in [-0.05, 0) is 38.2 Å². The number of benzene rings is 1. The molecule has 0 aliphatic heterocycles. The lowest BCUT2D eigenvalue weighted by Crippen LogP contribution is -2.47. The fourth-order valence-corrected chi connectivity index (χ4v) is 2.88. The van der Waals surface area contributed by atoms with Crippen molar-refractivity contribution < 1.29 is 9.84 Å². The highest BCUT2D eigenvalue weighted by molar-refractivity contribution is 5.33. The second kappa shape index (κ2) is 5.93. The van der Waals surface area contributed by atoms with Crippen molar-refractivity contribution in [1.29, 1.82) is 0 Å². The molecule has 3 nitrogen and oxygen atoms in total. The zero-order chi connectivity index (χ0) is 14.7. The monoisotopic (exact) mass is 265 g/mol. The van der Waals surface area contributed by atoms with E-state index in [2.05, 4.69) is 18.7 Å². The third-order valence-electron chi connectivity index (χ3n) is 3.89. The number of nitrogens with zero attached hydrogens (tertiary/aromatic N) is 1. The van der Waals surface area contributed by atoms with E-state index in [1.807, 2.05) is 45.3 Å². The highest BCUT2D eigenvalue weighted by atomic mass is 16.5. The zero-order valence-electron chi connectivity index (χ0n) is 13.0. The van der Waals surface area contributed by atoms with Crippen molar-refractivity contribution in [2.24, 2.45) is 5.41 Å². The van der Waals surface area contributed by atoms with E-state index in [-0.39, 0.29) is 5.41 Å². The SMILES string of the molecule is CC[C@](O)(c1cccc(OC)c1)C(C)(C)CN(C)C. The van der Waals surface area contributed by atoms with Crippen molar-refractivity contribution in [2.45, 2.75) is 32.8 Å². The molecule has 3 heteroatoms. The fraction of sp³-hybridized carbons (Fsp3) is 0.625. The third-order valence-corrected chi connectivity index (χ3v) is 3.89. The molecule has 0 saturated carbocycles. The summed E-state index contributed by atoms with van der Waals surface area (Å²) in [6.07, 6.45) is 0.668. The summed E-state index contributed by atoms with van der Waals surface area (Å²) in [4.78, 5) is 2.11. The van der Waals surface area contributed by atoms with Crippen LogP contribution in [0.3, 0.4) is 0 Å². The molecule has 1 N–H and O–H groups in total. The third kappa shape index (κ3) is 3.28. The number of ether oxygens (including phenoxy) is 1. The first kappa shape index (κ1) is 16.0. The smallest absolute Gasteiger partial charge is 0.119 e. The van der Waals surface area contributed by atoms with Gasteiger partial charge in [-0.15, -0.1) is 0 Å². The normalized spacial score (nSPS) is 15.4. The van der Waals surface area contributed by atoms with Crippen molar-refractivity contribution in [3.63, 3.8) is 0 Å². The topological polar surface area (TPSA) is 32.7 Å². The van der Waals surface area contributed by atoms with Gasteiger partial charge in [-0.2, -0.15) is 0 Å². The van der Waals surface area contributed by atoms with Crippen LogP contribution in [-0.4, -0.2) is 37.8 Å². The average molecular weight is 265 g/mol. The second-order valence-electron chi connectivity index (χ2n) is 6.07. The largest absolute Gasteiger partial charge is 0.497 e. The highest BCUT2D eigenvalue weighted by Gasteiger charge is 2.43. The van der Waals surface area contributed by atoms with Gasteiger partial charge < -0.3 is 14.7 Å². The Balaban J connectivity index is 3.21. The van der Waals surface area contributed by atoms with Crippen LogP contribution in [0.5, 0.6) is 5.75 Å². The van der Waals surface area contributed by atoms with Gasteiger partial charge in [-0.25, -0.2) is 0 Å². The predicted molar refractivity (Wildman–Crippen MR) is 79.5 cm³/mol. The average Bonchev–Trinajstić information content (AvgIpc) is 2.36. The number of aliphatic hydroxyl groups is 1. The Bertz CT molecular complexity index is 415. The minimum Gasteiger partial charge on any atom is -0.497 e. The van der Waals surface area contributed by atoms with Gasteiger partial charge in [0.1, 0.15) is 5.75 Å². The Labute approximate surface area is 117 Å². The summed E-state index contributed by atoms with van der Waals surface area (Å²) < 4.78 is 5.27. The van der Waals surface area contributed by atoms with Gasteiger partial charge in [-0.1, -0.05) is 32.9 Å². The number of hydrogen-bond acceptors (Lipinski definition) is 3. The Kier molecular flexibility index (Phi) is 4.99. The van der Waals surface area contributed by atoms with Crippen LogP contribution in [0.25, 0.3) is 0 Å². The molecule has 1 rings (SSSR count). The molecule has 0 saturated heterocycles. The number of hydrogen-bond donors (Lipinski definition) is 1. The van der Waals surface area contributed by atoms with Crippen LogP contribution >= 0.6 is 0 Å². The highest BCUT2D eigenvalue weighted by Crippen LogP contribution is 2.43. The molecule has 0 aliphatic rings. The predicted octanol–water partition coefficient (Wildman–Crippen LogP) is 2.88. The molecule has 0 radical (unpaired) electrons. The first-order valence-corrected chi connectivity index (χ1v) is 6.78. The van der Waals surface area contributed by atoms with E-state index in [0.717, 1.165) is 17.9 Å². The van der Waals surface area contributed by atoms with Gasteiger partial charge in [-0.3, -0.25) is 0 Å². The van der Waals surface area contributed by atoms with Crippen LogP contribution in [-0.2, 0) is 5.60 Å². The van der Waals surface area contributed by atoms with Crippen LogP contribution in [0.15, 0.2) is 24.3 Å². The molecule has 0 fully saturated rings. The molecule has 0 heterocycles. The van der Waals surface area contributed by atoms with Crippen molar-refractivity contribution in [3.8, 4) is 5.75 Å². The van der Waals surface area contributed by atoms with Crippen LogP contribution in [0.1, 0.15) is 32.8 Å². The maximum Gasteiger partial charge on any atom is 0.119 e. The van der Waals surface area contributed by atoms with Crippen LogP contribution in [0.4, 0.5) is 0 Å². The Morgan fingerprint density at radius 1 is 1.26 bits per heavy atom. The lowest BCUT2D eigenvalue weighted by Gasteiger charge is -2.44. The second-order valence-corrected chi connectivity index (χ2v) is 6.07. The lowest BCUT2D eigenvalue weighted by atomic mass is 9.69.